The Kier molecular flexibility index (Phi) is 14.5. The van der Waals surface area contributed by atoms with Crippen LogP contribution in [0.5, 0.6) is 0 Å². The smallest absolute Gasteiger partial charge is 0.421 e. The van der Waals surface area contributed by atoms with Crippen molar-refractivity contribution in [1.82, 2.24) is 15.3 Å². The van der Waals surface area contributed by atoms with Gasteiger partial charge >= 0.3 is 6.09 Å². The SMILES string of the molecule is CC(=O)N1CCN(c2ccc(CCc3ccc(CCOC(=O)NN)cc3)nc2)CC1.Cl.Cl.Cl. The fourth-order valence-corrected chi connectivity index (χ4v) is 3.48. The molecule has 1 saturated heterocycles. The third kappa shape index (κ3) is 9.63. The molecule has 1 aliphatic heterocycles. The summed E-state index contributed by atoms with van der Waals surface area (Å²) in [4.78, 5) is 31.2. The minimum Gasteiger partial charge on any atom is -0.448 e. The average molecular weight is 521 g/mol. The Balaban J connectivity index is 0.00000341. The Morgan fingerprint density at radius 1 is 0.939 bits per heavy atom. The van der Waals surface area contributed by atoms with Gasteiger partial charge in [0.25, 0.3) is 0 Å². The van der Waals surface area contributed by atoms with Crippen molar-refractivity contribution >= 4 is 54.9 Å². The van der Waals surface area contributed by atoms with Crippen molar-refractivity contribution in [2.24, 2.45) is 5.84 Å². The van der Waals surface area contributed by atoms with E-state index in [1.807, 2.05) is 16.5 Å². The van der Waals surface area contributed by atoms with Crippen molar-refractivity contribution in [1.29, 1.82) is 0 Å². The summed E-state index contributed by atoms with van der Waals surface area (Å²) in [7, 11) is 0. The van der Waals surface area contributed by atoms with Crippen molar-refractivity contribution in [2.75, 3.05) is 37.7 Å². The first-order valence-corrected chi connectivity index (χ1v) is 10.2. The quantitative estimate of drug-likeness (QED) is 0.331. The van der Waals surface area contributed by atoms with Gasteiger partial charge < -0.3 is 14.5 Å². The highest BCUT2D eigenvalue weighted by Gasteiger charge is 2.18. The number of nitrogens with two attached hydrogens (primary N) is 1. The molecule has 0 atom stereocenters. The Morgan fingerprint density at radius 2 is 1.55 bits per heavy atom. The lowest BCUT2D eigenvalue weighted by Gasteiger charge is -2.35. The van der Waals surface area contributed by atoms with Crippen LogP contribution in [-0.2, 0) is 28.8 Å². The zero-order valence-corrected chi connectivity index (χ0v) is 21.0. The lowest BCUT2D eigenvalue weighted by Crippen LogP contribution is -2.48. The highest BCUT2D eigenvalue weighted by Crippen LogP contribution is 2.17. The summed E-state index contributed by atoms with van der Waals surface area (Å²) < 4.78 is 4.90. The number of hydrogen-bond donors (Lipinski definition) is 2. The molecule has 2 aromatic rings. The van der Waals surface area contributed by atoms with Gasteiger partial charge in [0.05, 0.1) is 18.5 Å². The predicted octanol–water partition coefficient (Wildman–Crippen LogP) is 2.94. The monoisotopic (exact) mass is 519 g/mol. The van der Waals surface area contributed by atoms with E-state index in [0.717, 1.165) is 56.0 Å². The summed E-state index contributed by atoms with van der Waals surface area (Å²) in [5.41, 5.74) is 6.45. The molecule has 33 heavy (non-hydrogen) atoms. The van der Waals surface area contributed by atoms with Crippen LogP contribution < -0.4 is 16.2 Å². The molecule has 0 radical (unpaired) electrons. The minimum absolute atomic E-state index is 0. The van der Waals surface area contributed by atoms with Crippen LogP contribution in [0.3, 0.4) is 0 Å². The minimum atomic E-state index is -0.622. The van der Waals surface area contributed by atoms with Crippen LogP contribution in [-0.4, -0.2) is 54.7 Å². The third-order valence-electron chi connectivity index (χ3n) is 5.33. The number of aryl methyl sites for hydroxylation is 2. The molecule has 0 unspecified atom stereocenters. The second-order valence-electron chi connectivity index (χ2n) is 7.35. The summed E-state index contributed by atoms with van der Waals surface area (Å²) in [5.74, 6) is 5.11. The van der Waals surface area contributed by atoms with Gasteiger partial charge in [-0.2, -0.15) is 0 Å². The van der Waals surface area contributed by atoms with E-state index in [-0.39, 0.29) is 43.1 Å². The van der Waals surface area contributed by atoms with Gasteiger partial charge in [0.1, 0.15) is 0 Å². The number of benzene rings is 1. The maximum atomic E-state index is 11.4. The Hall–Kier alpha value is -2.26. The van der Waals surface area contributed by atoms with Gasteiger partial charge in [0, 0.05) is 45.2 Å². The number of amides is 2. The molecule has 1 fully saturated rings. The first kappa shape index (κ1) is 30.7. The van der Waals surface area contributed by atoms with Crippen LogP contribution in [0.1, 0.15) is 23.7 Å². The predicted molar refractivity (Wildman–Crippen MR) is 137 cm³/mol. The fourth-order valence-electron chi connectivity index (χ4n) is 3.48. The number of pyridine rings is 1. The van der Waals surface area contributed by atoms with Gasteiger partial charge in [-0.3, -0.25) is 15.2 Å². The van der Waals surface area contributed by atoms with Crippen LogP contribution >= 0.6 is 37.2 Å². The number of carbonyl (C=O) groups excluding carboxylic acids is 2. The van der Waals surface area contributed by atoms with Crippen molar-refractivity contribution in [3.05, 3.63) is 59.4 Å². The van der Waals surface area contributed by atoms with Crippen molar-refractivity contribution in [3.8, 4) is 0 Å². The second-order valence-corrected chi connectivity index (χ2v) is 7.35. The molecule has 0 spiro atoms. The lowest BCUT2D eigenvalue weighted by atomic mass is 10.0. The van der Waals surface area contributed by atoms with Gasteiger partial charge in [-0.25, -0.2) is 10.6 Å². The van der Waals surface area contributed by atoms with Crippen LogP contribution in [0.25, 0.3) is 0 Å². The molecule has 0 aliphatic carbocycles. The van der Waals surface area contributed by atoms with E-state index in [0.29, 0.717) is 13.0 Å². The number of piperazine rings is 1. The Labute approximate surface area is 213 Å². The number of hydrazine groups is 1. The zero-order chi connectivity index (χ0) is 21.3. The number of rotatable bonds is 7. The summed E-state index contributed by atoms with van der Waals surface area (Å²) >= 11 is 0. The number of anilines is 1. The van der Waals surface area contributed by atoms with Crippen LogP contribution in [0, 0.1) is 0 Å². The molecule has 184 valence electrons. The van der Waals surface area contributed by atoms with E-state index in [9.17, 15) is 9.59 Å². The summed E-state index contributed by atoms with van der Waals surface area (Å²) in [6.45, 7) is 5.13. The van der Waals surface area contributed by atoms with E-state index >= 15 is 0 Å². The molecule has 1 aliphatic rings. The fraction of sp³-hybridized carbons (Fsp3) is 0.409. The van der Waals surface area contributed by atoms with Gasteiger partial charge in [0.2, 0.25) is 5.91 Å². The number of nitrogens with one attached hydrogen (secondary N) is 1. The Morgan fingerprint density at radius 3 is 2.06 bits per heavy atom. The number of carbonyl (C=O) groups is 2. The van der Waals surface area contributed by atoms with Crippen LogP contribution in [0.4, 0.5) is 10.5 Å². The first-order valence-electron chi connectivity index (χ1n) is 10.2. The van der Waals surface area contributed by atoms with Crippen molar-refractivity contribution in [2.45, 2.75) is 26.2 Å². The van der Waals surface area contributed by atoms with Gasteiger partial charge in [-0.1, -0.05) is 24.3 Å². The molecule has 1 aromatic heterocycles. The van der Waals surface area contributed by atoms with Gasteiger partial charge in [-0.05, 0) is 36.1 Å². The standard InChI is InChI=1S/C22H29N5O3.3ClH/c1-17(28)26-11-13-27(14-12-26)21-9-8-20(24-16-21)7-6-18-2-4-19(5-3-18)10-15-30-22(29)25-23;;;/h2-5,8-9,16H,6-7,10-15,23H2,1H3,(H,25,29);3*1H. The molecule has 2 heterocycles. The second kappa shape index (κ2) is 15.6. The average Bonchev–Trinajstić information content (AvgIpc) is 2.79. The highest BCUT2D eigenvalue weighted by atomic mass is 35.5. The topological polar surface area (TPSA) is 101 Å². The molecule has 1 aromatic carbocycles. The van der Waals surface area contributed by atoms with Gasteiger partial charge in [0.15, 0.2) is 0 Å². The number of hydrogen-bond acceptors (Lipinski definition) is 6. The van der Waals surface area contributed by atoms with Crippen molar-refractivity contribution in [3.63, 3.8) is 0 Å². The molecule has 0 saturated carbocycles. The number of ether oxygens (including phenoxy) is 1. The summed E-state index contributed by atoms with van der Waals surface area (Å²) in [6, 6.07) is 12.5. The van der Waals surface area contributed by atoms with E-state index in [4.69, 9.17) is 10.6 Å². The first-order chi connectivity index (χ1) is 14.5. The lowest BCUT2D eigenvalue weighted by molar-refractivity contribution is -0.129. The maximum absolute atomic E-state index is 11.4. The molecular weight excluding hydrogens is 489 g/mol. The molecule has 0 bridgehead atoms. The van der Waals surface area contributed by atoms with Gasteiger partial charge in [-0.15, -0.1) is 37.2 Å². The molecule has 3 N–H and O–H groups in total. The molecule has 2 amide bonds. The molecule has 3 rings (SSSR count). The van der Waals surface area contributed by atoms with E-state index in [2.05, 4.69) is 46.3 Å². The highest BCUT2D eigenvalue weighted by molar-refractivity contribution is 5.86. The molecule has 11 heteroatoms. The summed E-state index contributed by atoms with van der Waals surface area (Å²) in [5, 5.41) is 0. The third-order valence-corrected chi connectivity index (χ3v) is 5.33. The molecular formula is C22H32Cl3N5O3. The summed E-state index contributed by atoms with van der Waals surface area (Å²) in [6.07, 6.45) is 3.74. The maximum Gasteiger partial charge on any atom is 0.421 e. The number of nitrogens with zero attached hydrogens (tertiary/aromatic N) is 3. The molecule has 8 nitrogen and oxygen atoms in total. The van der Waals surface area contributed by atoms with E-state index in [1.54, 1.807) is 6.92 Å². The number of halogens is 3. The largest absolute Gasteiger partial charge is 0.448 e. The van der Waals surface area contributed by atoms with E-state index in [1.165, 1.54) is 5.56 Å². The van der Waals surface area contributed by atoms with Crippen LogP contribution in [0.15, 0.2) is 42.6 Å². The Bertz CT molecular complexity index is 845. The van der Waals surface area contributed by atoms with Crippen LogP contribution in [0.2, 0.25) is 0 Å². The van der Waals surface area contributed by atoms with E-state index < -0.39 is 6.09 Å². The normalized spacial score (nSPS) is 12.5. The zero-order valence-electron chi connectivity index (χ0n) is 18.6. The van der Waals surface area contributed by atoms with Crippen molar-refractivity contribution < 1.29 is 14.3 Å². The number of aromatic nitrogens is 1.